The molecule has 29 heavy (non-hydrogen) atoms. The Labute approximate surface area is 178 Å². The molecule has 1 aliphatic carbocycles. The lowest BCUT2D eigenvalue weighted by Crippen LogP contribution is -2.29. The Hall–Kier alpha value is -2.39. The first kappa shape index (κ1) is 19.9. The van der Waals surface area contributed by atoms with Gasteiger partial charge in [-0.05, 0) is 54.0 Å². The molecule has 3 aromatic rings. The van der Waals surface area contributed by atoms with Crippen molar-refractivity contribution in [1.82, 2.24) is 0 Å². The molecule has 1 heterocycles. The highest BCUT2D eigenvalue weighted by atomic mass is 32.1. The summed E-state index contributed by atoms with van der Waals surface area (Å²) < 4.78 is 3.67. The second kappa shape index (κ2) is 7.79. The van der Waals surface area contributed by atoms with Gasteiger partial charge in [0, 0.05) is 31.9 Å². The van der Waals surface area contributed by atoms with E-state index in [0.29, 0.717) is 5.41 Å². The monoisotopic (exact) mass is 403 g/mol. The number of para-hydroxylation sites is 1. The third-order valence-electron chi connectivity index (χ3n) is 5.74. The van der Waals surface area contributed by atoms with Crippen molar-refractivity contribution in [3.8, 4) is 0 Å². The van der Waals surface area contributed by atoms with Crippen molar-refractivity contribution < 1.29 is 4.57 Å². The van der Waals surface area contributed by atoms with Gasteiger partial charge in [-0.2, -0.15) is 4.57 Å². The molecule has 3 heteroatoms. The topological polar surface area (TPSA) is 7.12 Å². The molecule has 0 saturated heterocycles. The molecule has 0 spiro atoms. The minimum Gasteiger partial charge on any atom is -0.378 e. The number of benzene rings is 2. The summed E-state index contributed by atoms with van der Waals surface area (Å²) in [6.45, 7) is 4.79. The summed E-state index contributed by atoms with van der Waals surface area (Å²) in [6.07, 6.45) is 8.19. The van der Waals surface area contributed by atoms with Crippen molar-refractivity contribution in [2.45, 2.75) is 33.1 Å². The second-order valence-corrected chi connectivity index (χ2v) is 10.3. The number of aromatic nitrogens is 1. The Kier molecular flexibility index (Phi) is 5.35. The van der Waals surface area contributed by atoms with Gasteiger partial charge in [-0.3, -0.25) is 0 Å². The first-order valence-electron chi connectivity index (χ1n) is 10.3. The second-order valence-electron chi connectivity index (χ2n) is 9.24. The average Bonchev–Trinajstić information content (AvgIpc) is 2.97. The number of allylic oxidation sites excluding steroid dienone is 3. The summed E-state index contributed by atoms with van der Waals surface area (Å²) >= 11 is 1.88. The number of hydrogen-bond acceptors (Lipinski definition) is 2. The molecular weight excluding hydrogens is 372 g/mol. The number of fused-ring (bicyclic) bond motifs is 1. The summed E-state index contributed by atoms with van der Waals surface area (Å²) in [6, 6.07) is 17.6. The van der Waals surface area contributed by atoms with Crippen LogP contribution in [0.2, 0.25) is 0 Å². The molecule has 4 rings (SSSR count). The van der Waals surface area contributed by atoms with E-state index in [9.17, 15) is 0 Å². The maximum absolute atomic E-state index is 2.45. The van der Waals surface area contributed by atoms with E-state index in [1.54, 1.807) is 0 Å². The fourth-order valence-electron chi connectivity index (χ4n) is 4.38. The van der Waals surface area contributed by atoms with E-state index >= 15 is 0 Å². The number of aryl methyl sites for hydroxylation is 1. The van der Waals surface area contributed by atoms with Crippen LogP contribution in [0, 0.1) is 5.41 Å². The molecule has 0 aliphatic heterocycles. The number of thiazole rings is 1. The maximum Gasteiger partial charge on any atom is 0.262 e. The Morgan fingerprint density at radius 3 is 2.45 bits per heavy atom. The van der Waals surface area contributed by atoms with Crippen LogP contribution in [-0.2, 0) is 13.5 Å². The fraction of sp³-hybridized carbons (Fsp3) is 0.346. The molecule has 2 aromatic carbocycles. The number of nitrogens with zero attached hydrogens (tertiary/aromatic N) is 2. The van der Waals surface area contributed by atoms with Crippen molar-refractivity contribution in [2.24, 2.45) is 12.5 Å². The molecule has 0 amide bonds. The van der Waals surface area contributed by atoms with Gasteiger partial charge in [0.1, 0.15) is 11.7 Å². The van der Waals surface area contributed by atoms with E-state index in [-0.39, 0.29) is 0 Å². The molecule has 0 atom stereocenters. The molecule has 1 aromatic heterocycles. The van der Waals surface area contributed by atoms with Crippen LogP contribution in [0.5, 0.6) is 0 Å². The summed E-state index contributed by atoms with van der Waals surface area (Å²) in [5.74, 6) is 0. The Bertz CT molecular complexity index is 1080. The predicted molar refractivity (Wildman–Crippen MR) is 127 cm³/mol. The Morgan fingerprint density at radius 2 is 1.76 bits per heavy atom. The fourth-order valence-corrected chi connectivity index (χ4v) is 5.51. The zero-order chi connectivity index (χ0) is 20.6. The molecule has 0 bridgehead atoms. The van der Waals surface area contributed by atoms with Gasteiger partial charge >= 0.3 is 0 Å². The molecule has 0 unspecified atom stereocenters. The SMILES string of the molecule is CN(C)c1ccc(CC2=C/C(=C\c3sc4ccccc4[n+]3C)CC(C)(C)C2)cc1. The molecule has 2 nitrogen and oxygen atoms in total. The Morgan fingerprint density at radius 1 is 1.03 bits per heavy atom. The van der Waals surface area contributed by atoms with E-state index in [1.165, 1.54) is 37.6 Å². The van der Waals surface area contributed by atoms with Crippen LogP contribution < -0.4 is 9.47 Å². The average molecular weight is 404 g/mol. The van der Waals surface area contributed by atoms with Crippen LogP contribution in [-0.4, -0.2) is 14.1 Å². The summed E-state index contributed by atoms with van der Waals surface area (Å²) in [4.78, 5) is 2.15. The smallest absolute Gasteiger partial charge is 0.262 e. The minimum atomic E-state index is 0.300. The van der Waals surface area contributed by atoms with Gasteiger partial charge in [-0.1, -0.05) is 61.1 Å². The largest absolute Gasteiger partial charge is 0.378 e. The summed E-state index contributed by atoms with van der Waals surface area (Å²) in [7, 11) is 6.36. The third kappa shape index (κ3) is 4.45. The maximum atomic E-state index is 2.45. The lowest BCUT2D eigenvalue weighted by Gasteiger charge is -2.31. The highest BCUT2D eigenvalue weighted by Gasteiger charge is 2.26. The first-order valence-corrected chi connectivity index (χ1v) is 11.2. The molecule has 150 valence electrons. The molecule has 0 saturated carbocycles. The van der Waals surface area contributed by atoms with E-state index in [0.717, 1.165) is 19.3 Å². The normalized spacial score (nSPS) is 17.6. The number of hydrogen-bond donors (Lipinski definition) is 0. The van der Waals surface area contributed by atoms with Crippen LogP contribution in [0.15, 0.2) is 65.8 Å². The van der Waals surface area contributed by atoms with E-state index < -0.39 is 0 Å². The van der Waals surface area contributed by atoms with Crippen molar-refractivity contribution in [2.75, 3.05) is 19.0 Å². The zero-order valence-electron chi connectivity index (χ0n) is 18.2. The molecule has 0 radical (unpaired) electrons. The van der Waals surface area contributed by atoms with Crippen LogP contribution >= 0.6 is 11.3 Å². The summed E-state index contributed by atoms with van der Waals surface area (Å²) in [5.41, 5.74) is 7.24. The van der Waals surface area contributed by atoms with Crippen LogP contribution in [0.4, 0.5) is 5.69 Å². The lowest BCUT2D eigenvalue weighted by atomic mass is 9.74. The minimum absolute atomic E-state index is 0.300. The molecule has 0 N–H and O–H groups in total. The standard InChI is InChI=1S/C26H31N2S/c1-26(2)17-20(14-19-10-12-22(13-11-19)27(3)4)15-21(18-26)16-25-28(5)23-8-6-7-9-24(23)29-25/h6-13,15-16H,14,17-18H2,1-5H3/q+1/b21-16+. The molecule has 1 aliphatic rings. The van der Waals surface area contributed by atoms with Gasteiger partial charge in [-0.15, -0.1) is 0 Å². The van der Waals surface area contributed by atoms with Crippen LogP contribution in [0.3, 0.4) is 0 Å². The van der Waals surface area contributed by atoms with Crippen molar-refractivity contribution in [1.29, 1.82) is 0 Å². The van der Waals surface area contributed by atoms with Gasteiger partial charge in [-0.25, -0.2) is 0 Å². The van der Waals surface area contributed by atoms with Gasteiger partial charge in [0.15, 0.2) is 0 Å². The van der Waals surface area contributed by atoms with Crippen molar-refractivity contribution in [3.63, 3.8) is 0 Å². The molecular formula is C26H31N2S+. The van der Waals surface area contributed by atoms with Gasteiger partial charge in [0.05, 0.1) is 0 Å². The Balaban J connectivity index is 1.64. The van der Waals surface area contributed by atoms with Crippen molar-refractivity contribution >= 4 is 33.3 Å². The number of anilines is 1. The number of rotatable bonds is 4. The van der Waals surface area contributed by atoms with E-state index in [1.807, 2.05) is 11.3 Å². The van der Waals surface area contributed by atoms with Gasteiger partial charge in [0.2, 0.25) is 5.52 Å². The van der Waals surface area contributed by atoms with E-state index in [2.05, 4.69) is 105 Å². The zero-order valence-corrected chi connectivity index (χ0v) is 19.0. The quantitative estimate of drug-likeness (QED) is 0.473. The van der Waals surface area contributed by atoms with Gasteiger partial charge < -0.3 is 4.90 Å². The third-order valence-corrected chi connectivity index (χ3v) is 6.91. The predicted octanol–water partition coefficient (Wildman–Crippen LogP) is 6.16. The highest BCUT2D eigenvalue weighted by molar-refractivity contribution is 7.18. The van der Waals surface area contributed by atoms with Crippen LogP contribution in [0.1, 0.15) is 37.3 Å². The summed E-state index contributed by atoms with van der Waals surface area (Å²) in [5, 5.41) is 1.32. The first-order chi connectivity index (χ1) is 13.8. The van der Waals surface area contributed by atoms with Gasteiger partial charge in [0.25, 0.3) is 5.01 Å². The van der Waals surface area contributed by atoms with Crippen LogP contribution in [0.25, 0.3) is 16.3 Å². The highest BCUT2D eigenvalue weighted by Crippen LogP contribution is 2.40. The lowest BCUT2D eigenvalue weighted by molar-refractivity contribution is -0.642. The van der Waals surface area contributed by atoms with Crippen molar-refractivity contribution in [3.05, 3.63) is 76.3 Å². The van der Waals surface area contributed by atoms with E-state index in [4.69, 9.17) is 0 Å². The molecule has 0 fully saturated rings.